The van der Waals surface area contributed by atoms with Crippen LogP contribution in [0.3, 0.4) is 0 Å². The highest BCUT2D eigenvalue weighted by Crippen LogP contribution is 2.04. The van der Waals surface area contributed by atoms with Crippen LogP contribution in [0.4, 0.5) is 0 Å². The standard InChI is InChI=1S/C18H26N2O/c1-16(14-18-10-6-13-21-18)19-11-7-12-20(2)15-17-8-4-3-5-9-17/h3-6,8-10,13,16,19H,7,11-12,14-15H2,1-2H3. The van der Waals surface area contributed by atoms with Gasteiger partial charge in [-0.2, -0.15) is 0 Å². The van der Waals surface area contributed by atoms with Crippen molar-refractivity contribution in [1.82, 2.24) is 10.2 Å². The molecule has 2 rings (SSSR count). The molecular formula is C18H26N2O. The molecule has 0 spiro atoms. The van der Waals surface area contributed by atoms with Gasteiger partial charge >= 0.3 is 0 Å². The van der Waals surface area contributed by atoms with Gasteiger partial charge in [0.1, 0.15) is 5.76 Å². The predicted octanol–water partition coefficient (Wildman–Crippen LogP) is 3.32. The van der Waals surface area contributed by atoms with Crippen molar-refractivity contribution in [3.05, 3.63) is 60.1 Å². The summed E-state index contributed by atoms with van der Waals surface area (Å²) in [6.07, 6.45) is 3.85. The average molecular weight is 286 g/mol. The van der Waals surface area contributed by atoms with Crippen LogP contribution >= 0.6 is 0 Å². The van der Waals surface area contributed by atoms with Gasteiger partial charge in [0.15, 0.2) is 0 Å². The highest BCUT2D eigenvalue weighted by atomic mass is 16.3. The first-order chi connectivity index (χ1) is 10.2. The summed E-state index contributed by atoms with van der Waals surface area (Å²) in [6.45, 7) is 5.37. The lowest BCUT2D eigenvalue weighted by Gasteiger charge is -2.18. The lowest BCUT2D eigenvalue weighted by molar-refractivity contribution is 0.316. The molecule has 3 nitrogen and oxygen atoms in total. The first kappa shape index (κ1) is 15.8. The minimum Gasteiger partial charge on any atom is -0.469 e. The minimum absolute atomic E-state index is 0.454. The van der Waals surface area contributed by atoms with Crippen LogP contribution in [0.2, 0.25) is 0 Å². The molecule has 1 unspecified atom stereocenters. The zero-order valence-corrected chi connectivity index (χ0v) is 13.1. The van der Waals surface area contributed by atoms with Gasteiger partial charge in [-0.15, -0.1) is 0 Å². The molecule has 2 aromatic rings. The molecule has 0 bridgehead atoms. The van der Waals surface area contributed by atoms with E-state index in [-0.39, 0.29) is 0 Å². The van der Waals surface area contributed by atoms with E-state index in [1.165, 1.54) is 5.56 Å². The third kappa shape index (κ3) is 6.15. The number of nitrogens with zero attached hydrogens (tertiary/aromatic N) is 1. The van der Waals surface area contributed by atoms with Crippen LogP contribution in [0, 0.1) is 0 Å². The molecule has 0 aliphatic heterocycles. The van der Waals surface area contributed by atoms with Gasteiger partial charge in [0.2, 0.25) is 0 Å². The summed E-state index contributed by atoms with van der Waals surface area (Å²) in [5.41, 5.74) is 1.37. The van der Waals surface area contributed by atoms with Crippen molar-refractivity contribution in [2.45, 2.75) is 32.4 Å². The van der Waals surface area contributed by atoms with Crippen molar-refractivity contribution < 1.29 is 4.42 Å². The van der Waals surface area contributed by atoms with E-state index in [9.17, 15) is 0 Å². The van der Waals surface area contributed by atoms with E-state index in [0.717, 1.165) is 38.2 Å². The second-order valence-corrected chi connectivity index (χ2v) is 5.72. The van der Waals surface area contributed by atoms with Crippen LogP contribution in [0.5, 0.6) is 0 Å². The fourth-order valence-corrected chi connectivity index (χ4v) is 2.47. The predicted molar refractivity (Wildman–Crippen MR) is 87.3 cm³/mol. The Bertz CT molecular complexity index is 481. The van der Waals surface area contributed by atoms with Gasteiger partial charge in [-0.3, -0.25) is 0 Å². The maximum atomic E-state index is 5.37. The molecule has 0 saturated heterocycles. The summed E-state index contributed by atoms with van der Waals surface area (Å²) in [5.74, 6) is 1.05. The first-order valence-electron chi connectivity index (χ1n) is 7.72. The Morgan fingerprint density at radius 2 is 1.95 bits per heavy atom. The number of hydrogen-bond acceptors (Lipinski definition) is 3. The molecule has 1 atom stereocenters. The molecular weight excluding hydrogens is 260 g/mol. The summed E-state index contributed by atoms with van der Waals surface area (Å²) >= 11 is 0. The van der Waals surface area contributed by atoms with Crippen LogP contribution in [0.1, 0.15) is 24.7 Å². The largest absolute Gasteiger partial charge is 0.469 e. The molecule has 1 N–H and O–H groups in total. The monoisotopic (exact) mass is 286 g/mol. The second kappa shape index (κ2) is 8.65. The van der Waals surface area contributed by atoms with Crippen molar-refractivity contribution in [3.8, 4) is 0 Å². The Morgan fingerprint density at radius 3 is 2.67 bits per heavy atom. The third-order valence-corrected chi connectivity index (χ3v) is 3.59. The Kier molecular flexibility index (Phi) is 6.51. The van der Waals surface area contributed by atoms with Gasteiger partial charge in [0.25, 0.3) is 0 Å². The molecule has 1 heterocycles. The Hall–Kier alpha value is -1.58. The molecule has 0 aliphatic carbocycles. The lowest BCUT2D eigenvalue weighted by atomic mass is 10.2. The molecule has 0 saturated carbocycles. The Balaban J connectivity index is 1.56. The van der Waals surface area contributed by atoms with E-state index >= 15 is 0 Å². The van der Waals surface area contributed by atoms with E-state index in [0.29, 0.717) is 6.04 Å². The van der Waals surface area contributed by atoms with Gasteiger partial charge in [-0.25, -0.2) is 0 Å². The minimum atomic E-state index is 0.454. The molecule has 0 fully saturated rings. The van der Waals surface area contributed by atoms with E-state index < -0.39 is 0 Å². The van der Waals surface area contributed by atoms with E-state index in [2.05, 4.69) is 54.5 Å². The molecule has 0 radical (unpaired) electrons. The SMILES string of the molecule is CC(Cc1ccco1)NCCCN(C)Cc1ccccc1. The zero-order chi connectivity index (χ0) is 14.9. The summed E-state index contributed by atoms with van der Waals surface area (Å²) in [5, 5.41) is 3.55. The fourth-order valence-electron chi connectivity index (χ4n) is 2.47. The third-order valence-electron chi connectivity index (χ3n) is 3.59. The van der Waals surface area contributed by atoms with Crippen molar-refractivity contribution in [2.24, 2.45) is 0 Å². The molecule has 0 aliphatic rings. The molecule has 1 aromatic heterocycles. The van der Waals surface area contributed by atoms with Crippen LogP contribution < -0.4 is 5.32 Å². The Morgan fingerprint density at radius 1 is 1.14 bits per heavy atom. The van der Waals surface area contributed by atoms with Gasteiger partial charge < -0.3 is 14.6 Å². The second-order valence-electron chi connectivity index (χ2n) is 5.72. The lowest BCUT2D eigenvalue weighted by Crippen LogP contribution is -2.31. The summed E-state index contributed by atoms with van der Waals surface area (Å²) < 4.78 is 5.37. The molecule has 114 valence electrons. The number of benzene rings is 1. The topological polar surface area (TPSA) is 28.4 Å². The highest BCUT2D eigenvalue weighted by Gasteiger charge is 2.05. The van der Waals surface area contributed by atoms with E-state index in [1.54, 1.807) is 6.26 Å². The average Bonchev–Trinajstić information content (AvgIpc) is 2.97. The quantitative estimate of drug-likeness (QED) is 0.717. The first-order valence-corrected chi connectivity index (χ1v) is 7.72. The van der Waals surface area contributed by atoms with Crippen molar-refractivity contribution >= 4 is 0 Å². The number of furan rings is 1. The van der Waals surface area contributed by atoms with Gasteiger partial charge in [-0.05, 0) is 51.2 Å². The van der Waals surface area contributed by atoms with Gasteiger partial charge in [0.05, 0.1) is 6.26 Å². The number of hydrogen-bond donors (Lipinski definition) is 1. The Labute approximate surface area is 128 Å². The summed E-state index contributed by atoms with van der Waals surface area (Å²) in [4.78, 5) is 2.37. The van der Waals surface area contributed by atoms with Crippen molar-refractivity contribution in [1.29, 1.82) is 0 Å². The molecule has 1 aromatic carbocycles. The number of nitrogens with one attached hydrogen (secondary N) is 1. The van der Waals surface area contributed by atoms with Crippen molar-refractivity contribution in [3.63, 3.8) is 0 Å². The van der Waals surface area contributed by atoms with E-state index in [4.69, 9.17) is 4.42 Å². The van der Waals surface area contributed by atoms with Crippen molar-refractivity contribution in [2.75, 3.05) is 20.1 Å². The molecule has 3 heteroatoms. The fraction of sp³-hybridized carbons (Fsp3) is 0.444. The smallest absolute Gasteiger partial charge is 0.105 e. The zero-order valence-electron chi connectivity index (χ0n) is 13.1. The van der Waals surface area contributed by atoms with Gasteiger partial charge in [0, 0.05) is 19.0 Å². The van der Waals surface area contributed by atoms with Crippen LogP contribution in [-0.4, -0.2) is 31.1 Å². The molecule has 21 heavy (non-hydrogen) atoms. The van der Waals surface area contributed by atoms with Gasteiger partial charge in [-0.1, -0.05) is 30.3 Å². The maximum Gasteiger partial charge on any atom is 0.105 e. The van der Waals surface area contributed by atoms with Crippen LogP contribution in [-0.2, 0) is 13.0 Å². The molecule has 0 amide bonds. The summed E-state index contributed by atoms with van der Waals surface area (Å²) in [6, 6.07) is 15.1. The normalized spacial score (nSPS) is 12.7. The summed E-state index contributed by atoms with van der Waals surface area (Å²) in [7, 11) is 2.18. The maximum absolute atomic E-state index is 5.37. The highest BCUT2D eigenvalue weighted by molar-refractivity contribution is 5.14. The van der Waals surface area contributed by atoms with E-state index in [1.807, 2.05) is 12.1 Å². The van der Waals surface area contributed by atoms with Crippen LogP contribution in [0.25, 0.3) is 0 Å². The number of rotatable bonds is 9. The van der Waals surface area contributed by atoms with Crippen LogP contribution in [0.15, 0.2) is 53.1 Å².